The third kappa shape index (κ3) is 3.84. The molecule has 1 saturated carbocycles. The van der Waals surface area contributed by atoms with E-state index in [1.54, 1.807) is 4.68 Å². The van der Waals surface area contributed by atoms with Gasteiger partial charge in [0.15, 0.2) is 0 Å². The van der Waals surface area contributed by atoms with Crippen LogP contribution in [0.1, 0.15) is 39.0 Å². The predicted molar refractivity (Wildman–Crippen MR) is 102 cm³/mol. The van der Waals surface area contributed by atoms with Crippen LogP contribution in [0.2, 0.25) is 0 Å². The molecule has 1 aliphatic heterocycles. The van der Waals surface area contributed by atoms with Gasteiger partial charge >= 0.3 is 5.97 Å². The molecule has 2 heterocycles. The lowest BCUT2D eigenvalue weighted by Gasteiger charge is -2.40. The molecule has 0 spiro atoms. The second-order valence-corrected chi connectivity index (χ2v) is 7.91. The van der Waals surface area contributed by atoms with Crippen molar-refractivity contribution in [1.29, 1.82) is 0 Å². The lowest BCUT2D eigenvalue weighted by atomic mass is 9.74. The third-order valence-electron chi connectivity index (χ3n) is 5.92. The summed E-state index contributed by atoms with van der Waals surface area (Å²) in [5.41, 5.74) is 0.503. The Kier molecular flexibility index (Phi) is 4.89. The first-order valence-corrected chi connectivity index (χ1v) is 9.97. The minimum absolute atomic E-state index is 0.0617. The summed E-state index contributed by atoms with van der Waals surface area (Å²) in [4.78, 5) is 27.2. The van der Waals surface area contributed by atoms with Crippen LogP contribution in [0.4, 0.5) is 0 Å². The quantitative estimate of drug-likeness (QED) is 0.734. The monoisotopic (exact) mass is 369 g/mol. The van der Waals surface area contributed by atoms with Gasteiger partial charge in [0, 0.05) is 24.7 Å². The van der Waals surface area contributed by atoms with Crippen LogP contribution in [-0.2, 0) is 20.9 Å². The maximum atomic E-state index is 12.7. The molecule has 144 valence electrons. The van der Waals surface area contributed by atoms with Gasteiger partial charge in [0.25, 0.3) is 0 Å². The number of nitrogens with zero attached hydrogens (tertiary/aromatic N) is 3. The maximum Gasteiger partial charge on any atom is 0.312 e. The van der Waals surface area contributed by atoms with E-state index in [0.717, 1.165) is 17.3 Å². The molecule has 27 heavy (non-hydrogen) atoms. The summed E-state index contributed by atoms with van der Waals surface area (Å²) in [5, 5.41) is 5.51. The Balaban J connectivity index is 1.39. The number of carbonyl (C=O) groups excluding carboxylic acids is 2. The van der Waals surface area contributed by atoms with Crippen LogP contribution in [0.3, 0.4) is 0 Å². The number of rotatable bonds is 6. The number of ether oxygens (including phenoxy) is 1. The summed E-state index contributed by atoms with van der Waals surface area (Å²) < 4.78 is 7.09. The molecule has 1 saturated heterocycles. The normalized spacial score (nSPS) is 19.2. The first-order chi connectivity index (χ1) is 13.1. The number of esters is 1. The molecule has 0 atom stereocenters. The standard InChI is InChI=1S/C21H27N3O3/c1-2-27-20(26)21(13-16-7-8-16)9-11-23(12-10-21)19(25)15-24-14-17-5-3-4-6-18(17)22-24/h3-6,14,16H,2,7-13,15H2,1H3. The van der Waals surface area contributed by atoms with Crippen molar-refractivity contribution >= 4 is 22.8 Å². The van der Waals surface area contributed by atoms with Crippen LogP contribution < -0.4 is 0 Å². The molecule has 2 aliphatic rings. The van der Waals surface area contributed by atoms with Gasteiger partial charge in [-0.2, -0.15) is 5.10 Å². The lowest BCUT2D eigenvalue weighted by molar-refractivity contribution is -0.161. The van der Waals surface area contributed by atoms with Crippen molar-refractivity contribution in [2.45, 2.75) is 45.6 Å². The summed E-state index contributed by atoms with van der Waals surface area (Å²) in [6.45, 7) is 3.75. The van der Waals surface area contributed by atoms with E-state index < -0.39 is 5.41 Å². The van der Waals surface area contributed by atoms with Gasteiger partial charge in [-0.3, -0.25) is 14.3 Å². The van der Waals surface area contributed by atoms with E-state index >= 15 is 0 Å². The fraction of sp³-hybridized carbons (Fsp3) is 0.571. The number of piperidine rings is 1. The summed E-state index contributed by atoms with van der Waals surface area (Å²) in [7, 11) is 0. The highest BCUT2D eigenvalue weighted by Gasteiger charge is 2.46. The largest absolute Gasteiger partial charge is 0.466 e. The van der Waals surface area contributed by atoms with Crippen LogP contribution in [0.15, 0.2) is 30.5 Å². The average Bonchev–Trinajstić information content (AvgIpc) is 3.38. The Hall–Kier alpha value is -2.37. The van der Waals surface area contributed by atoms with Crippen LogP contribution in [0, 0.1) is 11.3 Å². The predicted octanol–water partition coefficient (Wildman–Crippen LogP) is 3.01. The first kappa shape index (κ1) is 18.0. The smallest absolute Gasteiger partial charge is 0.312 e. The van der Waals surface area contributed by atoms with Gasteiger partial charge in [0.1, 0.15) is 6.54 Å². The van der Waals surface area contributed by atoms with Crippen LogP contribution >= 0.6 is 0 Å². The molecule has 1 amide bonds. The van der Waals surface area contributed by atoms with E-state index in [-0.39, 0.29) is 18.4 Å². The third-order valence-corrected chi connectivity index (χ3v) is 5.92. The lowest BCUT2D eigenvalue weighted by Crippen LogP contribution is -2.48. The Labute approximate surface area is 159 Å². The number of carbonyl (C=O) groups is 2. The Morgan fingerprint density at radius 3 is 2.63 bits per heavy atom. The number of aromatic nitrogens is 2. The van der Waals surface area contributed by atoms with Crippen molar-refractivity contribution in [2.75, 3.05) is 19.7 Å². The minimum atomic E-state index is -0.395. The zero-order valence-corrected chi connectivity index (χ0v) is 15.9. The second kappa shape index (κ2) is 7.33. The number of amides is 1. The fourth-order valence-corrected chi connectivity index (χ4v) is 4.17. The van der Waals surface area contributed by atoms with Gasteiger partial charge < -0.3 is 9.64 Å². The number of hydrogen-bond acceptors (Lipinski definition) is 4. The highest BCUT2D eigenvalue weighted by atomic mass is 16.5. The number of likely N-dealkylation sites (tertiary alicyclic amines) is 1. The molecule has 0 unspecified atom stereocenters. The summed E-state index contributed by atoms with van der Waals surface area (Å²) in [6.07, 6.45) is 6.67. The van der Waals surface area contributed by atoms with Gasteiger partial charge in [0.05, 0.1) is 17.5 Å². The van der Waals surface area contributed by atoms with E-state index in [9.17, 15) is 9.59 Å². The first-order valence-electron chi connectivity index (χ1n) is 9.97. The Bertz CT molecular complexity index is 799. The zero-order valence-electron chi connectivity index (χ0n) is 15.9. The molecular formula is C21H27N3O3. The van der Waals surface area contributed by atoms with Crippen molar-refractivity contribution in [3.63, 3.8) is 0 Å². The summed E-state index contributed by atoms with van der Waals surface area (Å²) in [6, 6.07) is 7.86. The Morgan fingerprint density at radius 2 is 1.96 bits per heavy atom. The molecule has 0 bridgehead atoms. The highest BCUT2D eigenvalue weighted by Crippen LogP contribution is 2.46. The zero-order chi connectivity index (χ0) is 18.9. The van der Waals surface area contributed by atoms with E-state index in [1.807, 2.05) is 42.3 Å². The van der Waals surface area contributed by atoms with Crippen molar-refractivity contribution in [3.8, 4) is 0 Å². The number of fused-ring (bicyclic) bond motifs is 1. The van der Waals surface area contributed by atoms with E-state index in [0.29, 0.717) is 38.5 Å². The van der Waals surface area contributed by atoms with Crippen molar-refractivity contribution in [3.05, 3.63) is 30.5 Å². The molecule has 6 heteroatoms. The fourth-order valence-electron chi connectivity index (χ4n) is 4.17. The SMILES string of the molecule is CCOC(=O)C1(CC2CC2)CCN(C(=O)Cn2cc3ccccc3n2)CC1. The number of benzene rings is 1. The molecule has 2 aromatic rings. The Morgan fingerprint density at radius 1 is 1.22 bits per heavy atom. The van der Waals surface area contributed by atoms with Gasteiger partial charge in [-0.1, -0.05) is 31.0 Å². The maximum absolute atomic E-state index is 12.7. The summed E-state index contributed by atoms with van der Waals surface area (Å²) >= 11 is 0. The number of hydrogen-bond donors (Lipinski definition) is 0. The van der Waals surface area contributed by atoms with Crippen molar-refractivity contribution in [2.24, 2.45) is 11.3 Å². The molecule has 0 radical (unpaired) electrons. The molecule has 1 aliphatic carbocycles. The van der Waals surface area contributed by atoms with Gasteiger partial charge in [-0.05, 0) is 38.2 Å². The van der Waals surface area contributed by atoms with Crippen LogP contribution in [0.25, 0.3) is 10.9 Å². The molecule has 4 rings (SSSR count). The van der Waals surface area contributed by atoms with Crippen LogP contribution in [-0.4, -0.2) is 46.3 Å². The van der Waals surface area contributed by atoms with Gasteiger partial charge in [-0.25, -0.2) is 0 Å². The van der Waals surface area contributed by atoms with Gasteiger partial charge in [-0.15, -0.1) is 0 Å². The van der Waals surface area contributed by atoms with Gasteiger partial charge in [0.2, 0.25) is 5.91 Å². The second-order valence-electron chi connectivity index (χ2n) is 7.91. The average molecular weight is 369 g/mol. The van der Waals surface area contributed by atoms with Crippen molar-refractivity contribution in [1.82, 2.24) is 14.7 Å². The highest BCUT2D eigenvalue weighted by molar-refractivity contribution is 5.81. The molecular weight excluding hydrogens is 342 g/mol. The van der Waals surface area contributed by atoms with E-state index in [2.05, 4.69) is 5.10 Å². The molecule has 2 fully saturated rings. The molecule has 0 N–H and O–H groups in total. The minimum Gasteiger partial charge on any atom is -0.466 e. The molecule has 1 aromatic carbocycles. The molecule has 1 aromatic heterocycles. The van der Waals surface area contributed by atoms with Crippen molar-refractivity contribution < 1.29 is 14.3 Å². The topological polar surface area (TPSA) is 64.4 Å². The molecule has 6 nitrogen and oxygen atoms in total. The van der Waals surface area contributed by atoms with E-state index in [1.165, 1.54) is 12.8 Å². The summed E-state index contributed by atoms with van der Waals surface area (Å²) in [5.74, 6) is 0.655. The van der Waals surface area contributed by atoms with Crippen LogP contribution in [0.5, 0.6) is 0 Å². The van der Waals surface area contributed by atoms with E-state index in [4.69, 9.17) is 4.74 Å².